The fourth-order valence-electron chi connectivity index (χ4n) is 1.76. The lowest BCUT2D eigenvalue weighted by atomic mass is 10.2. The van der Waals surface area contributed by atoms with Gasteiger partial charge in [0, 0.05) is 10.2 Å². The van der Waals surface area contributed by atoms with Gasteiger partial charge in [-0.2, -0.15) is 8.42 Å². The van der Waals surface area contributed by atoms with Crippen LogP contribution in [0.4, 0.5) is 5.69 Å². The molecule has 0 aliphatic rings. The van der Waals surface area contributed by atoms with E-state index in [2.05, 4.69) is 26.0 Å². The van der Waals surface area contributed by atoms with Crippen molar-refractivity contribution in [2.24, 2.45) is 0 Å². The monoisotopic (exact) mass is 372 g/mol. The van der Waals surface area contributed by atoms with Crippen LogP contribution in [0.25, 0.3) is 0 Å². The van der Waals surface area contributed by atoms with Gasteiger partial charge in [0.15, 0.2) is 0 Å². The van der Waals surface area contributed by atoms with E-state index in [1.54, 1.807) is 24.3 Å². The summed E-state index contributed by atoms with van der Waals surface area (Å²) in [7, 11) is -3.71. The van der Waals surface area contributed by atoms with E-state index in [0.29, 0.717) is 18.0 Å². The molecule has 7 heteroatoms. The van der Waals surface area contributed by atoms with Crippen LogP contribution in [-0.2, 0) is 16.6 Å². The molecule has 1 aromatic carbocycles. The second-order valence-electron chi connectivity index (χ2n) is 4.57. The lowest BCUT2D eigenvalue weighted by molar-refractivity contribution is 0.405. The van der Waals surface area contributed by atoms with Crippen molar-refractivity contribution in [3.8, 4) is 0 Å². The van der Waals surface area contributed by atoms with Crippen molar-refractivity contribution in [2.75, 3.05) is 11.3 Å². The van der Waals surface area contributed by atoms with Gasteiger partial charge in [0.1, 0.15) is 5.76 Å². The third-order valence-corrected chi connectivity index (χ3v) is 5.00. The third kappa shape index (κ3) is 4.09. The Kier molecular flexibility index (Phi) is 5.08. The number of hydrogen-bond acceptors (Lipinski definition) is 4. The Balaban J connectivity index is 2.17. The van der Waals surface area contributed by atoms with Gasteiger partial charge in [-0.3, -0.25) is 4.72 Å². The molecule has 21 heavy (non-hydrogen) atoms. The Morgan fingerprint density at radius 1 is 1.24 bits per heavy atom. The highest BCUT2D eigenvalue weighted by Crippen LogP contribution is 2.23. The van der Waals surface area contributed by atoms with Crippen LogP contribution in [0.5, 0.6) is 0 Å². The summed E-state index contributed by atoms with van der Waals surface area (Å²) < 4.78 is 33.3. The maximum Gasteiger partial charge on any atom is 0.295 e. The van der Waals surface area contributed by atoms with E-state index in [0.717, 1.165) is 16.6 Å². The number of benzene rings is 1. The Labute approximate surface area is 132 Å². The second kappa shape index (κ2) is 6.64. The second-order valence-corrected chi connectivity index (χ2v) is 7.04. The molecule has 0 atom stereocenters. The summed E-state index contributed by atoms with van der Waals surface area (Å²) in [5, 5.41) is 2.99. The molecule has 2 N–H and O–H groups in total. The first-order chi connectivity index (χ1) is 9.92. The Hall–Kier alpha value is -1.31. The predicted molar refractivity (Wildman–Crippen MR) is 85.8 cm³/mol. The molecule has 5 nitrogen and oxygen atoms in total. The standard InChI is InChI=1S/C14H17BrN2O3S/c1-3-16-9-12-5-7-14(20-12)21(18,19)17-11-4-6-13(15)10(2)8-11/h4-8,16-17H,3,9H2,1-2H3. The Morgan fingerprint density at radius 2 is 2.00 bits per heavy atom. The molecule has 1 heterocycles. The number of nitrogens with one attached hydrogen (secondary N) is 2. The van der Waals surface area contributed by atoms with Crippen molar-refractivity contribution in [3.05, 3.63) is 46.1 Å². The summed E-state index contributed by atoms with van der Waals surface area (Å²) in [4.78, 5) is 0. The zero-order chi connectivity index (χ0) is 15.5. The highest BCUT2D eigenvalue weighted by Gasteiger charge is 2.19. The molecule has 0 bridgehead atoms. The minimum Gasteiger partial charge on any atom is -0.446 e. The number of halogens is 1. The van der Waals surface area contributed by atoms with Crippen LogP contribution in [0, 0.1) is 6.92 Å². The van der Waals surface area contributed by atoms with E-state index < -0.39 is 10.0 Å². The largest absolute Gasteiger partial charge is 0.446 e. The fourth-order valence-corrected chi connectivity index (χ4v) is 3.01. The Bertz CT molecular complexity index is 726. The van der Waals surface area contributed by atoms with Crippen LogP contribution in [0.1, 0.15) is 18.2 Å². The number of rotatable bonds is 6. The number of furan rings is 1. The minimum atomic E-state index is -3.71. The van der Waals surface area contributed by atoms with Crippen LogP contribution in [0.3, 0.4) is 0 Å². The molecule has 0 saturated carbocycles. The molecular weight excluding hydrogens is 356 g/mol. The van der Waals surface area contributed by atoms with Crippen LogP contribution in [0.15, 0.2) is 44.3 Å². The van der Waals surface area contributed by atoms with Crippen molar-refractivity contribution in [1.82, 2.24) is 5.32 Å². The van der Waals surface area contributed by atoms with Gasteiger partial charge in [-0.05, 0) is 49.4 Å². The molecule has 0 saturated heterocycles. The van der Waals surface area contributed by atoms with E-state index in [1.165, 1.54) is 6.07 Å². The topological polar surface area (TPSA) is 71.3 Å². The van der Waals surface area contributed by atoms with Gasteiger partial charge in [-0.1, -0.05) is 22.9 Å². The first kappa shape index (κ1) is 16.1. The maximum absolute atomic E-state index is 12.2. The number of anilines is 1. The summed E-state index contributed by atoms with van der Waals surface area (Å²) in [5.41, 5.74) is 1.45. The highest BCUT2D eigenvalue weighted by atomic mass is 79.9. The fraction of sp³-hybridized carbons (Fsp3) is 0.286. The maximum atomic E-state index is 12.2. The number of aryl methyl sites for hydroxylation is 1. The van der Waals surface area contributed by atoms with E-state index >= 15 is 0 Å². The van der Waals surface area contributed by atoms with E-state index in [9.17, 15) is 8.42 Å². The zero-order valence-corrected chi connectivity index (χ0v) is 14.2. The number of hydrogen-bond donors (Lipinski definition) is 2. The molecule has 0 amide bonds. The first-order valence-electron chi connectivity index (χ1n) is 6.51. The lowest BCUT2D eigenvalue weighted by Crippen LogP contribution is -2.13. The third-order valence-electron chi connectivity index (χ3n) is 2.86. The van der Waals surface area contributed by atoms with Crippen molar-refractivity contribution >= 4 is 31.6 Å². The normalized spacial score (nSPS) is 11.6. The van der Waals surface area contributed by atoms with Crippen molar-refractivity contribution in [2.45, 2.75) is 25.5 Å². The minimum absolute atomic E-state index is 0.0871. The van der Waals surface area contributed by atoms with Gasteiger partial charge >= 0.3 is 0 Å². The summed E-state index contributed by atoms with van der Waals surface area (Å²) in [6, 6.07) is 8.36. The lowest BCUT2D eigenvalue weighted by Gasteiger charge is -2.07. The van der Waals surface area contributed by atoms with Crippen LogP contribution >= 0.6 is 15.9 Å². The summed E-state index contributed by atoms with van der Waals surface area (Å²) >= 11 is 3.38. The zero-order valence-electron chi connectivity index (χ0n) is 11.8. The van der Waals surface area contributed by atoms with Gasteiger partial charge < -0.3 is 9.73 Å². The summed E-state index contributed by atoms with van der Waals surface area (Å²) in [6.45, 7) is 5.16. The molecule has 0 radical (unpaired) electrons. The Morgan fingerprint density at radius 3 is 2.67 bits per heavy atom. The molecule has 0 aliphatic carbocycles. The smallest absolute Gasteiger partial charge is 0.295 e. The molecule has 2 aromatic rings. The highest BCUT2D eigenvalue weighted by molar-refractivity contribution is 9.10. The van der Waals surface area contributed by atoms with Crippen molar-refractivity contribution < 1.29 is 12.8 Å². The first-order valence-corrected chi connectivity index (χ1v) is 8.78. The van der Waals surface area contributed by atoms with Gasteiger partial charge in [-0.25, -0.2) is 0 Å². The SMILES string of the molecule is CCNCc1ccc(S(=O)(=O)Nc2ccc(Br)c(C)c2)o1. The molecule has 2 rings (SSSR count). The summed E-state index contributed by atoms with van der Waals surface area (Å²) in [6.07, 6.45) is 0. The quantitative estimate of drug-likeness (QED) is 0.816. The molecular formula is C14H17BrN2O3S. The number of sulfonamides is 1. The molecule has 114 valence electrons. The van der Waals surface area contributed by atoms with Crippen LogP contribution in [-0.4, -0.2) is 15.0 Å². The summed E-state index contributed by atoms with van der Waals surface area (Å²) in [5.74, 6) is 0.587. The van der Waals surface area contributed by atoms with Gasteiger partial charge in [0.25, 0.3) is 10.0 Å². The average molecular weight is 373 g/mol. The van der Waals surface area contributed by atoms with Gasteiger partial charge in [0.05, 0.1) is 6.54 Å². The van der Waals surface area contributed by atoms with Gasteiger partial charge in [0.2, 0.25) is 5.09 Å². The molecule has 0 aliphatic heterocycles. The van der Waals surface area contributed by atoms with Crippen LogP contribution < -0.4 is 10.0 Å². The van der Waals surface area contributed by atoms with E-state index in [-0.39, 0.29) is 5.09 Å². The van der Waals surface area contributed by atoms with Crippen molar-refractivity contribution in [3.63, 3.8) is 0 Å². The van der Waals surface area contributed by atoms with Gasteiger partial charge in [-0.15, -0.1) is 0 Å². The molecule has 0 fully saturated rings. The average Bonchev–Trinajstić information content (AvgIpc) is 2.90. The molecule has 0 spiro atoms. The van der Waals surface area contributed by atoms with Crippen molar-refractivity contribution in [1.29, 1.82) is 0 Å². The molecule has 0 unspecified atom stereocenters. The van der Waals surface area contributed by atoms with E-state index in [4.69, 9.17) is 4.42 Å². The van der Waals surface area contributed by atoms with E-state index in [1.807, 2.05) is 13.8 Å². The molecule has 1 aromatic heterocycles. The predicted octanol–water partition coefficient (Wildman–Crippen LogP) is 3.26. The van der Waals surface area contributed by atoms with Crippen LogP contribution in [0.2, 0.25) is 0 Å².